The summed E-state index contributed by atoms with van der Waals surface area (Å²) >= 11 is 0. The molecule has 2 aromatic rings. The maximum atomic E-state index is 13.8. The first-order valence-corrected chi connectivity index (χ1v) is 6.38. The predicted molar refractivity (Wildman–Crippen MR) is 78.6 cm³/mol. The summed E-state index contributed by atoms with van der Waals surface area (Å²) in [4.78, 5) is 12.0. The fourth-order valence-electron chi connectivity index (χ4n) is 1.86. The topological polar surface area (TPSA) is 46.5 Å². The minimum atomic E-state index is -0.735. The van der Waals surface area contributed by atoms with E-state index in [0.29, 0.717) is 10.8 Å². The molecule has 21 heavy (non-hydrogen) atoms. The number of carbonyl (C=O) groups is 1. The molecule has 0 aliphatic carbocycles. The number of esters is 1. The summed E-state index contributed by atoms with van der Waals surface area (Å²) in [5.41, 5.74) is -0.731. The SMILES string of the molecule is C#Cc1c(F)ccc2cc(O)cc(OC(=O)C(C)(C)C)c12. The number of rotatable bonds is 1. The molecule has 4 heteroatoms. The molecule has 0 radical (unpaired) electrons. The first-order chi connectivity index (χ1) is 9.74. The van der Waals surface area contributed by atoms with Gasteiger partial charge in [0.1, 0.15) is 17.3 Å². The van der Waals surface area contributed by atoms with Crippen molar-refractivity contribution in [3.05, 3.63) is 35.6 Å². The number of aromatic hydroxyl groups is 1. The zero-order chi connectivity index (χ0) is 15.8. The molecule has 3 nitrogen and oxygen atoms in total. The Hall–Kier alpha value is -2.54. The molecule has 0 unspecified atom stereocenters. The summed E-state index contributed by atoms with van der Waals surface area (Å²) in [6, 6.07) is 5.38. The van der Waals surface area contributed by atoms with Crippen LogP contribution in [-0.4, -0.2) is 11.1 Å². The van der Waals surface area contributed by atoms with E-state index >= 15 is 0 Å². The average molecular weight is 286 g/mol. The van der Waals surface area contributed by atoms with Crippen LogP contribution in [-0.2, 0) is 4.79 Å². The molecular weight excluding hydrogens is 271 g/mol. The molecule has 1 N–H and O–H groups in total. The summed E-state index contributed by atoms with van der Waals surface area (Å²) in [7, 11) is 0. The van der Waals surface area contributed by atoms with Gasteiger partial charge < -0.3 is 9.84 Å². The van der Waals surface area contributed by atoms with Crippen LogP contribution in [0.1, 0.15) is 26.3 Å². The maximum Gasteiger partial charge on any atom is 0.316 e. The Bertz CT molecular complexity index is 764. The summed E-state index contributed by atoms with van der Waals surface area (Å²) in [5, 5.41) is 10.5. The second-order valence-corrected chi connectivity index (χ2v) is 5.75. The Balaban J connectivity index is 2.70. The molecule has 0 atom stereocenters. The second-order valence-electron chi connectivity index (χ2n) is 5.75. The van der Waals surface area contributed by atoms with E-state index in [1.165, 1.54) is 24.3 Å². The van der Waals surface area contributed by atoms with Gasteiger partial charge in [0.25, 0.3) is 0 Å². The van der Waals surface area contributed by atoms with Gasteiger partial charge in [-0.15, -0.1) is 6.42 Å². The van der Waals surface area contributed by atoms with Crippen molar-refractivity contribution in [1.82, 2.24) is 0 Å². The predicted octanol–water partition coefficient (Wildman–Crippen LogP) is 3.62. The summed E-state index contributed by atoms with van der Waals surface area (Å²) in [5.74, 6) is 1.15. The van der Waals surface area contributed by atoms with Crippen molar-refractivity contribution in [3.8, 4) is 23.8 Å². The average Bonchev–Trinajstić information content (AvgIpc) is 2.38. The van der Waals surface area contributed by atoms with Gasteiger partial charge in [0.05, 0.1) is 11.0 Å². The van der Waals surface area contributed by atoms with E-state index in [2.05, 4.69) is 5.92 Å². The van der Waals surface area contributed by atoms with Gasteiger partial charge >= 0.3 is 5.97 Å². The van der Waals surface area contributed by atoms with Crippen molar-refractivity contribution in [3.63, 3.8) is 0 Å². The van der Waals surface area contributed by atoms with Crippen molar-refractivity contribution in [2.24, 2.45) is 5.41 Å². The van der Waals surface area contributed by atoms with Crippen LogP contribution in [0, 0.1) is 23.6 Å². The lowest BCUT2D eigenvalue weighted by molar-refractivity contribution is -0.142. The third-order valence-electron chi connectivity index (χ3n) is 2.97. The van der Waals surface area contributed by atoms with Gasteiger partial charge in [0, 0.05) is 11.5 Å². The molecule has 2 rings (SSSR count). The second kappa shape index (κ2) is 5.10. The number of ether oxygens (including phenoxy) is 1. The lowest BCUT2D eigenvalue weighted by atomic mass is 9.97. The minimum absolute atomic E-state index is 0.00390. The van der Waals surface area contributed by atoms with E-state index in [1.54, 1.807) is 20.8 Å². The maximum absolute atomic E-state index is 13.8. The molecule has 2 aromatic carbocycles. The van der Waals surface area contributed by atoms with E-state index < -0.39 is 17.2 Å². The summed E-state index contributed by atoms with van der Waals surface area (Å²) in [6.45, 7) is 5.09. The van der Waals surface area contributed by atoms with Crippen LogP contribution in [0.3, 0.4) is 0 Å². The molecule has 0 aromatic heterocycles. The van der Waals surface area contributed by atoms with E-state index in [1.807, 2.05) is 0 Å². The first-order valence-electron chi connectivity index (χ1n) is 6.38. The summed E-state index contributed by atoms with van der Waals surface area (Å²) in [6.07, 6.45) is 5.35. The number of carbonyl (C=O) groups excluding carboxylic acids is 1. The Morgan fingerprint density at radius 1 is 1.33 bits per heavy atom. The molecule has 0 bridgehead atoms. The third kappa shape index (κ3) is 2.82. The number of fused-ring (bicyclic) bond motifs is 1. The highest BCUT2D eigenvalue weighted by Crippen LogP contribution is 2.35. The fraction of sp³-hybridized carbons (Fsp3) is 0.235. The van der Waals surface area contributed by atoms with Crippen molar-refractivity contribution in [2.45, 2.75) is 20.8 Å². The van der Waals surface area contributed by atoms with Crippen LogP contribution in [0.25, 0.3) is 10.8 Å². The molecule has 0 spiro atoms. The highest BCUT2D eigenvalue weighted by Gasteiger charge is 2.25. The fourth-order valence-corrected chi connectivity index (χ4v) is 1.86. The van der Waals surface area contributed by atoms with E-state index in [0.717, 1.165) is 0 Å². The molecular formula is C17H15FO3. The number of phenols is 1. The lowest BCUT2D eigenvalue weighted by Crippen LogP contribution is -2.25. The van der Waals surface area contributed by atoms with E-state index in [9.17, 15) is 14.3 Å². The highest BCUT2D eigenvalue weighted by atomic mass is 19.1. The molecule has 0 fully saturated rings. The normalized spacial score (nSPS) is 11.2. The van der Waals surface area contributed by atoms with E-state index in [4.69, 9.17) is 11.2 Å². The van der Waals surface area contributed by atoms with Gasteiger partial charge in [-0.1, -0.05) is 12.0 Å². The number of benzene rings is 2. The zero-order valence-corrected chi connectivity index (χ0v) is 12.0. The smallest absolute Gasteiger partial charge is 0.316 e. The molecule has 0 heterocycles. The Kier molecular flexibility index (Phi) is 3.61. The van der Waals surface area contributed by atoms with Crippen LogP contribution >= 0.6 is 0 Å². The van der Waals surface area contributed by atoms with Crippen LogP contribution < -0.4 is 4.74 Å². The number of hydrogen-bond acceptors (Lipinski definition) is 3. The van der Waals surface area contributed by atoms with Gasteiger partial charge in [-0.25, -0.2) is 4.39 Å². The third-order valence-corrected chi connectivity index (χ3v) is 2.97. The Morgan fingerprint density at radius 3 is 2.57 bits per heavy atom. The van der Waals surface area contributed by atoms with Crippen LogP contribution in [0.2, 0.25) is 0 Å². The van der Waals surface area contributed by atoms with Crippen molar-refractivity contribution >= 4 is 16.7 Å². The van der Waals surface area contributed by atoms with Gasteiger partial charge in [-0.05, 0) is 38.3 Å². The Morgan fingerprint density at radius 2 is 2.00 bits per heavy atom. The van der Waals surface area contributed by atoms with E-state index in [-0.39, 0.29) is 17.1 Å². The minimum Gasteiger partial charge on any atom is -0.508 e. The first kappa shape index (κ1) is 14.9. The molecule has 0 aliphatic rings. The number of terminal acetylenes is 1. The standard InChI is InChI=1S/C17H15FO3/c1-5-12-13(18)7-6-10-8-11(19)9-14(15(10)12)21-16(20)17(2,3)4/h1,6-9,19H,2-4H3. The molecule has 0 amide bonds. The van der Waals surface area contributed by atoms with Crippen LogP contribution in [0.15, 0.2) is 24.3 Å². The monoisotopic (exact) mass is 286 g/mol. The van der Waals surface area contributed by atoms with Crippen LogP contribution in [0.4, 0.5) is 4.39 Å². The number of phenolic OH excluding ortho intramolecular Hbond substituents is 1. The molecule has 0 saturated heterocycles. The number of halogens is 1. The van der Waals surface area contributed by atoms with Crippen molar-refractivity contribution in [1.29, 1.82) is 0 Å². The lowest BCUT2D eigenvalue weighted by Gasteiger charge is -2.18. The van der Waals surface area contributed by atoms with Gasteiger partial charge in [0.2, 0.25) is 0 Å². The highest BCUT2D eigenvalue weighted by molar-refractivity contribution is 5.96. The summed E-state index contributed by atoms with van der Waals surface area (Å²) < 4.78 is 19.1. The van der Waals surface area contributed by atoms with Gasteiger partial charge in [0.15, 0.2) is 0 Å². The van der Waals surface area contributed by atoms with Crippen molar-refractivity contribution in [2.75, 3.05) is 0 Å². The van der Waals surface area contributed by atoms with Gasteiger partial charge in [-0.3, -0.25) is 4.79 Å². The molecule has 108 valence electrons. The van der Waals surface area contributed by atoms with Crippen LogP contribution in [0.5, 0.6) is 11.5 Å². The Labute approximate surface area is 122 Å². The number of hydrogen-bond donors (Lipinski definition) is 1. The molecule has 0 saturated carbocycles. The quantitative estimate of drug-likeness (QED) is 0.495. The molecule has 0 aliphatic heterocycles. The zero-order valence-electron chi connectivity index (χ0n) is 12.0. The van der Waals surface area contributed by atoms with Crippen molar-refractivity contribution < 1.29 is 19.0 Å². The largest absolute Gasteiger partial charge is 0.508 e. The van der Waals surface area contributed by atoms with Gasteiger partial charge in [-0.2, -0.15) is 0 Å².